The number of hydrogen-bond donors (Lipinski definition) is 0. The van der Waals surface area contributed by atoms with Gasteiger partial charge in [-0.2, -0.15) is 5.10 Å². The lowest BCUT2D eigenvalue weighted by molar-refractivity contribution is 0.701. The van der Waals surface area contributed by atoms with Gasteiger partial charge in [-0.1, -0.05) is 30.3 Å². The summed E-state index contributed by atoms with van der Waals surface area (Å²) in [6, 6.07) is 8.19. The molecule has 0 unspecified atom stereocenters. The van der Waals surface area contributed by atoms with Crippen LogP contribution in [0.3, 0.4) is 0 Å². The number of allylic oxidation sites excluding steroid dienone is 1. The first-order chi connectivity index (χ1) is 7.72. The number of nitrogens with zero attached hydrogens (tertiary/aromatic N) is 3. The second kappa shape index (κ2) is 4.31. The molecule has 0 fully saturated rings. The van der Waals surface area contributed by atoms with Crippen LogP contribution in [0.4, 0.5) is 0 Å². The molecule has 0 aliphatic heterocycles. The maximum atomic E-state index is 4.46. The quantitative estimate of drug-likeness (QED) is 0.734. The van der Waals surface area contributed by atoms with Gasteiger partial charge >= 0.3 is 0 Å². The van der Waals surface area contributed by atoms with Crippen LogP contribution in [0.25, 0.3) is 11.4 Å². The van der Waals surface area contributed by atoms with E-state index >= 15 is 0 Å². The minimum atomic E-state index is 0.685. The highest BCUT2D eigenvalue weighted by molar-refractivity contribution is 5.59. The van der Waals surface area contributed by atoms with Crippen LogP contribution < -0.4 is 0 Å². The second-order valence-electron chi connectivity index (χ2n) is 3.77. The molecule has 1 aromatic heterocycles. The molecule has 3 heteroatoms. The van der Waals surface area contributed by atoms with Crippen molar-refractivity contribution in [1.82, 2.24) is 14.8 Å². The van der Waals surface area contributed by atoms with Crippen molar-refractivity contribution < 1.29 is 0 Å². The molecule has 0 saturated carbocycles. The molecule has 0 N–H and O–H groups in total. The lowest BCUT2D eigenvalue weighted by atomic mass is 10.1. The molecule has 0 aliphatic rings. The van der Waals surface area contributed by atoms with E-state index in [2.05, 4.69) is 35.7 Å². The van der Waals surface area contributed by atoms with Crippen molar-refractivity contribution >= 4 is 0 Å². The van der Waals surface area contributed by atoms with E-state index in [-0.39, 0.29) is 0 Å². The molecule has 16 heavy (non-hydrogen) atoms. The van der Waals surface area contributed by atoms with Crippen LogP contribution in [-0.2, 0) is 6.54 Å². The first kappa shape index (κ1) is 10.6. The van der Waals surface area contributed by atoms with Crippen molar-refractivity contribution in [3.8, 4) is 11.4 Å². The van der Waals surface area contributed by atoms with E-state index in [1.54, 1.807) is 0 Å². The van der Waals surface area contributed by atoms with Crippen LogP contribution >= 0.6 is 0 Å². The highest BCUT2D eigenvalue weighted by Crippen LogP contribution is 2.21. The van der Waals surface area contributed by atoms with Gasteiger partial charge in [0.25, 0.3) is 0 Å². The van der Waals surface area contributed by atoms with Gasteiger partial charge in [-0.05, 0) is 19.4 Å². The molecular formula is C13H15N3. The first-order valence-electron chi connectivity index (χ1n) is 5.30. The highest BCUT2D eigenvalue weighted by Gasteiger charge is 2.10. The summed E-state index contributed by atoms with van der Waals surface area (Å²) in [6.45, 7) is 8.40. The summed E-state index contributed by atoms with van der Waals surface area (Å²) in [5.74, 6) is 1.70. The van der Waals surface area contributed by atoms with Gasteiger partial charge in [0.2, 0.25) is 0 Å². The maximum Gasteiger partial charge on any atom is 0.158 e. The molecule has 0 radical (unpaired) electrons. The van der Waals surface area contributed by atoms with Crippen LogP contribution in [-0.4, -0.2) is 14.8 Å². The second-order valence-corrected chi connectivity index (χ2v) is 3.77. The number of rotatable bonds is 3. The molecule has 82 valence electrons. The average molecular weight is 213 g/mol. The topological polar surface area (TPSA) is 30.7 Å². The Morgan fingerprint density at radius 2 is 2.06 bits per heavy atom. The van der Waals surface area contributed by atoms with E-state index in [0.717, 1.165) is 17.2 Å². The Hall–Kier alpha value is -1.90. The third-order valence-corrected chi connectivity index (χ3v) is 2.47. The zero-order valence-corrected chi connectivity index (χ0v) is 9.64. The fourth-order valence-electron chi connectivity index (χ4n) is 1.73. The molecule has 0 amide bonds. The molecule has 2 rings (SSSR count). The van der Waals surface area contributed by atoms with Crippen LogP contribution in [0.15, 0.2) is 36.9 Å². The van der Waals surface area contributed by atoms with Crippen molar-refractivity contribution in [2.75, 3.05) is 0 Å². The largest absolute Gasteiger partial charge is 0.242 e. The molecule has 0 atom stereocenters. The lowest BCUT2D eigenvalue weighted by Crippen LogP contribution is -2.01. The molecule has 0 aliphatic carbocycles. The molecule has 0 spiro atoms. The minimum absolute atomic E-state index is 0.685. The summed E-state index contributed by atoms with van der Waals surface area (Å²) < 4.78 is 1.88. The summed E-state index contributed by atoms with van der Waals surface area (Å²) in [5, 5.41) is 4.35. The predicted molar refractivity (Wildman–Crippen MR) is 65.1 cm³/mol. The highest BCUT2D eigenvalue weighted by atomic mass is 15.3. The van der Waals surface area contributed by atoms with Gasteiger partial charge in [0.15, 0.2) is 5.82 Å². The molecule has 1 heterocycles. The van der Waals surface area contributed by atoms with E-state index in [0.29, 0.717) is 6.54 Å². The molecule has 0 saturated heterocycles. The summed E-state index contributed by atoms with van der Waals surface area (Å²) >= 11 is 0. The Kier molecular flexibility index (Phi) is 2.86. The summed E-state index contributed by atoms with van der Waals surface area (Å²) in [5.41, 5.74) is 2.34. The predicted octanol–water partition coefficient (Wildman–Crippen LogP) is 2.75. The Bertz CT molecular complexity index is 512. The van der Waals surface area contributed by atoms with Crippen molar-refractivity contribution in [1.29, 1.82) is 0 Å². The van der Waals surface area contributed by atoms with Crippen LogP contribution in [0.5, 0.6) is 0 Å². The number of hydrogen-bond acceptors (Lipinski definition) is 2. The third kappa shape index (κ3) is 1.89. The van der Waals surface area contributed by atoms with Gasteiger partial charge in [0.1, 0.15) is 5.82 Å². The van der Waals surface area contributed by atoms with Crippen molar-refractivity contribution in [2.24, 2.45) is 0 Å². The van der Waals surface area contributed by atoms with E-state index in [9.17, 15) is 0 Å². The van der Waals surface area contributed by atoms with Crippen molar-refractivity contribution in [3.05, 3.63) is 48.3 Å². The summed E-state index contributed by atoms with van der Waals surface area (Å²) in [4.78, 5) is 4.46. The minimum Gasteiger partial charge on any atom is -0.242 e. The number of benzene rings is 1. The summed E-state index contributed by atoms with van der Waals surface area (Å²) in [7, 11) is 0. The normalized spacial score (nSPS) is 10.4. The van der Waals surface area contributed by atoms with Crippen molar-refractivity contribution in [2.45, 2.75) is 20.4 Å². The fourth-order valence-corrected chi connectivity index (χ4v) is 1.73. The molecular weight excluding hydrogens is 198 g/mol. The number of aromatic nitrogens is 3. The molecule has 2 aromatic rings. The Morgan fingerprint density at radius 1 is 1.31 bits per heavy atom. The Labute approximate surface area is 95.5 Å². The average Bonchev–Trinajstić information content (AvgIpc) is 2.61. The maximum absolute atomic E-state index is 4.46. The van der Waals surface area contributed by atoms with E-state index in [1.165, 1.54) is 5.56 Å². The SMILES string of the molecule is C=CCn1nc(C)nc1-c1ccccc1C. The van der Waals surface area contributed by atoms with Gasteiger partial charge in [-0.25, -0.2) is 9.67 Å². The third-order valence-electron chi connectivity index (χ3n) is 2.47. The first-order valence-corrected chi connectivity index (χ1v) is 5.30. The molecule has 1 aromatic carbocycles. The van der Waals surface area contributed by atoms with Crippen LogP contribution in [0.1, 0.15) is 11.4 Å². The molecule has 3 nitrogen and oxygen atoms in total. The lowest BCUT2D eigenvalue weighted by Gasteiger charge is -2.05. The van der Waals surface area contributed by atoms with Crippen LogP contribution in [0, 0.1) is 13.8 Å². The Morgan fingerprint density at radius 3 is 2.75 bits per heavy atom. The zero-order chi connectivity index (χ0) is 11.5. The van der Waals surface area contributed by atoms with Gasteiger partial charge in [-0.3, -0.25) is 0 Å². The fraction of sp³-hybridized carbons (Fsp3) is 0.231. The standard InChI is InChI=1S/C13H15N3/c1-4-9-16-13(14-11(3)15-16)12-8-6-5-7-10(12)2/h4-8H,1,9H2,2-3H3. The van der Waals surface area contributed by atoms with Crippen LogP contribution in [0.2, 0.25) is 0 Å². The van der Waals surface area contributed by atoms with Crippen molar-refractivity contribution in [3.63, 3.8) is 0 Å². The summed E-state index contributed by atoms with van der Waals surface area (Å²) in [6.07, 6.45) is 1.83. The number of aryl methyl sites for hydroxylation is 2. The molecule has 0 bridgehead atoms. The van der Waals surface area contributed by atoms with Gasteiger partial charge in [0, 0.05) is 5.56 Å². The Balaban J connectivity index is 2.55. The van der Waals surface area contributed by atoms with E-state index in [1.807, 2.05) is 29.8 Å². The zero-order valence-electron chi connectivity index (χ0n) is 9.64. The smallest absolute Gasteiger partial charge is 0.158 e. The monoisotopic (exact) mass is 213 g/mol. The van der Waals surface area contributed by atoms with E-state index < -0.39 is 0 Å². The van der Waals surface area contributed by atoms with Gasteiger partial charge < -0.3 is 0 Å². The van der Waals surface area contributed by atoms with Gasteiger partial charge in [-0.15, -0.1) is 6.58 Å². The van der Waals surface area contributed by atoms with E-state index in [4.69, 9.17) is 0 Å². The van der Waals surface area contributed by atoms with Gasteiger partial charge in [0.05, 0.1) is 6.54 Å².